The quantitative estimate of drug-likeness (QED) is 0.840. The molecule has 1 aromatic rings. The Morgan fingerprint density at radius 2 is 2.24 bits per heavy atom. The van der Waals surface area contributed by atoms with E-state index < -0.39 is 0 Å². The minimum absolute atomic E-state index is 0.211. The topological polar surface area (TPSA) is 58.5 Å². The number of methoxy groups -OCH3 is 1. The van der Waals surface area contributed by atoms with Gasteiger partial charge in [-0.15, -0.1) is 0 Å². The Morgan fingerprint density at radius 1 is 1.41 bits per heavy atom. The summed E-state index contributed by atoms with van der Waals surface area (Å²) in [6.45, 7) is 1.91. The number of hydrogen-bond donors (Lipinski definition) is 1. The van der Waals surface area contributed by atoms with Crippen LogP contribution in [0.15, 0.2) is 12.4 Å². The summed E-state index contributed by atoms with van der Waals surface area (Å²) in [5.41, 5.74) is 0.843. The van der Waals surface area contributed by atoms with Gasteiger partial charge < -0.3 is 9.84 Å². The first-order valence-electron chi connectivity index (χ1n) is 6.04. The van der Waals surface area contributed by atoms with E-state index >= 15 is 0 Å². The minimum atomic E-state index is 0.211. The van der Waals surface area contributed by atoms with Gasteiger partial charge in [0.2, 0.25) is 5.88 Å². The van der Waals surface area contributed by atoms with Gasteiger partial charge in [-0.2, -0.15) is 0 Å². The highest BCUT2D eigenvalue weighted by Crippen LogP contribution is 2.21. The number of piperidine rings is 1. The Morgan fingerprint density at radius 3 is 3.00 bits per heavy atom. The van der Waals surface area contributed by atoms with Gasteiger partial charge in [-0.3, -0.25) is 9.88 Å². The van der Waals surface area contributed by atoms with Gasteiger partial charge in [-0.05, 0) is 19.4 Å². The zero-order valence-electron chi connectivity index (χ0n) is 10.2. The van der Waals surface area contributed by atoms with E-state index in [0.29, 0.717) is 12.4 Å². The Labute approximate surface area is 101 Å². The molecule has 94 valence electrons. The molecule has 5 nitrogen and oxygen atoms in total. The molecule has 2 rings (SSSR count). The molecule has 0 bridgehead atoms. The molecule has 0 amide bonds. The predicted molar refractivity (Wildman–Crippen MR) is 63.7 cm³/mol. The Hall–Kier alpha value is -1.20. The third kappa shape index (κ3) is 2.92. The molecular weight excluding hydrogens is 218 g/mol. The first kappa shape index (κ1) is 12.3. The van der Waals surface area contributed by atoms with Crippen molar-refractivity contribution in [2.24, 2.45) is 0 Å². The predicted octanol–water partition coefficient (Wildman–Crippen LogP) is 0.832. The van der Waals surface area contributed by atoms with Crippen molar-refractivity contribution in [3.05, 3.63) is 18.1 Å². The van der Waals surface area contributed by atoms with Crippen LogP contribution in [0.1, 0.15) is 25.0 Å². The summed E-state index contributed by atoms with van der Waals surface area (Å²) in [5.74, 6) is 0.578. The van der Waals surface area contributed by atoms with Gasteiger partial charge in [0.1, 0.15) is 5.69 Å². The van der Waals surface area contributed by atoms with Crippen LogP contribution < -0.4 is 4.74 Å². The molecule has 1 aliphatic rings. The van der Waals surface area contributed by atoms with Gasteiger partial charge in [0.25, 0.3) is 0 Å². The molecule has 1 fully saturated rings. The fourth-order valence-electron chi connectivity index (χ4n) is 2.30. The lowest BCUT2D eigenvalue weighted by molar-refractivity contribution is 0.0821. The molecule has 1 atom stereocenters. The van der Waals surface area contributed by atoms with Crippen LogP contribution in [0.3, 0.4) is 0 Å². The molecule has 1 unspecified atom stereocenters. The van der Waals surface area contributed by atoms with Gasteiger partial charge >= 0.3 is 0 Å². The molecule has 17 heavy (non-hydrogen) atoms. The summed E-state index contributed by atoms with van der Waals surface area (Å²) in [6.07, 6.45) is 6.73. The lowest BCUT2D eigenvalue weighted by atomic mass is 10.0. The molecule has 1 aromatic heterocycles. The van der Waals surface area contributed by atoms with Gasteiger partial charge in [0.15, 0.2) is 0 Å². The number of aliphatic hydroxyl groups excluding tert-OH is 1. The second kappa shape index (κ2) is 5.93. The second-order valence-electron chi connectivity index (χ2n) is 4.31. The molecule has 0 aromatic carbocycles. The standard InChI is InChI=1S/C12H19N3O2/c1-17-12-11(13-5-6-14-12)8-15-7-3-2-4-10(15)9-16/h5-6,10,16H,2-4,7-9H2,1H3. The van der Waals surface area contributed by atoms with E-state index in [-0.39, 0.29) is 12.6 Å². The van der Waals surface area contributed by atoms with Crippen molar-refractivity contribution < 1.29 is 9.84 Å². The van der Waals surface area contributed by atoms with Crippen LogP contribution in [-0.2, 0) is 6.54 Å². The molecular formula is C12H19N3O2. The SMILES string of the molecule is COc1nccnc1CN1CCCCC1CO. The number of ether oxygens (including phenoxy) is 1. The van der Waals surface area contributed by atoms with Crippen molar-refractivity contribution in [1.29, 1.82) is 0 Å². The Bertz CT molecular complexity index is 359. The van der Waals surface area contributed by atoms with E-state index in [4.69, 9.17) is 4.74 Å². The minimum Gasteiger partial charge on any atom is -0.480 e. The summed E-state index contributed by atoms with van der Waals surface area (Å²) in [6, 6.07) is 0.246. The summed E-state index contributed by atoms with van der Waals surface area (Å²) >= 11 is 0. The summed E-state index contributed by atoms with van der Waals surface area (Å²) in [4.78, 5) is 10.7. The van der Waals surface area contributed by atoms with E-state index in [0.717, 1.165) is 18.7 Å². The van der Waals surface area contributed by atoms with Gasteiger partial charge in [0.05, 0.1) is 13.7 Å². The van der Waals surface area contributed by atoms with Crippen molar-refractivity contribution in [2.45, 2.75) is 31.8 Å². The maximum Gasteiger partial charge on any atom is 0.236 e. The lowest BCUT2D eigenvalue weighted by Gasteiger charge is -2.34. The normalized spacial score (nSPS) is 21.4. The smallest absolute Gasteiger partial charge is 0.236 e. The second-order valence-corrected chi connectivity index (χ2v) is 4.31. The fourth-order valence-corrected chi connectivity index (χ4v) is 2.30. The third-order valence-corrected chi connectivity index (χ3v) is 3.24. The fraction of sp³-hybridized carbons (Fsp3) is 0.667. The maximum absolute atomic E-state index is 9.36. The van der Waals surface area contributed by atoms with Crippen molar-refractivity contribution in [2.75, 3.05) is 20.3 Å². The number of aliphatic hydroxyl groups is 1. The number of nitrogens with zero attached hydrogens (tertiary/aromatic N) is 3. The molecule has 0 saturated carbocycles. The molecule has 0 spiro atoms. The number of hydrogen-bond acceptors (Lipinski definition) is 5. The average molecular weight is 237 g/mol. The first-order valence-corrected chi connectivity index (χ1v) is 6.04. The van der Waals surface area contributed by atoms with Crippen LogP contribution in [0.4, 0.5) is 0 Å². The zero-order chi connectivity index (χ0) is 12.1. The molecule has 1 saturated heterocycles. The van der Waals surface area contributed by atoms with Crippen molar-refractivity contribution in [1.82, 2.24) is 14.9 Å². The van der Waals surface area contributed by atoms with Crippen molar-refractivity contribution in [3.8, 4) is 5.88 Å². The number of rotatable bonds is 4. The zero-order valence-corrected chi connectivity index (χ0v) is 10.2. The highest BCUT2D eigenvalue weighted by atomic mass is 16.5. The van der Waals surface area contributed by atoms with Gasteiger partial charge in [-0.1, -0.05) is 6.42 Å². The summed E-state index contributed by atoms with van der Waals surface area (Å²) in [5, 5.41) is 9.36. The highest BCUT2D eigenvalue weighted by molar-refractivity contribution is 5.17. The molecule has 0 aliphatic carbocycles. The van der Waals surface area contributed by atoms with E-state index in [2.05, 4.69) is 14.9 Å². The molecule has 2 heterocycles. The maximum atomic E-state index is 9.36. The van der Waals surface area contributed by atoms with E-state index in [1.165, 1.54) is 12.8 Å². The third-order valence-electron chi connectivity index (χ3n) is 3.24. The monoisotopic (exact) mass is 237 g/mol. The molecule has 0 radical (unpaired) electrons. The van der Waals surface area contributed by atoms with Crippen molar-refractivity contribution in [3.63, 3.8) is 0 Å². The van der Waals surface area contributed by atoms with Crippen LogP contribution in [0, 0.1) is 0 Å². The van der Waals surface area contributed by atoms with Crippen LogP contribution in [0.5, 0.6) is 5.88 Å². The van der Waals surface area contributed by atoms with Crippen LogP contribution in [0.2, 0.25) is 0 Å². The van der Waals surface area contributed by atoms with E-state index in [1.807, 2.05) is 0 Å². The largest absolute Gasteiger partial charge is 0.480 e. The van der Waals surface area contributed by atoms with Gasteiger partial charge in [-0.25, -0.2) is 4.98 Å². The Balaban J connectivity index is 2.08. The molecule has 1 aliphatic heterocycles. The van der Waals surface area contributed by atoms with Crippen LogP contribution >= 0.6 is 0 Å². The van der Waals surface area contributed by atoms with E-state index in [9.17, 15) is 5.11 Å². The average Bonchev–Trinajstić information content (AvgIpc) is 2.40. The molecule has 5 heteroatoms. The number of likely N-dealkylation sites (tertiary alicyclic amines) is 1. The van der Waals surface area contributed by atoms with E-state index in [1.54, 1.807) is 19.5 Å². The highest BCUT2D eigenvalue weighted by Gasteiger charge is 2.23. The van der Waals surface area contributed by atoms with Crippen LogP contribution in [-0.4, -0.2) is 46.3 Å². The summed E-state index contributed by atoms with van der Waals surface area (Å²) in [7, 11) is 1.60. The lowest BCUT2D eigenvalue weighted by Crippen LogP contribution is -2.41. The number of aromatic nitrogens is 2. The summed E-state index contributed by atoms with van der Waals surface area (Å²) < 4.78 is 5.19. The molecule has 1 N–H and O–H groups in total. The Kier molecular flexibility index (Phi) is 4.28. The van der Waals surface area contributed by atoms with Crippen LogP contribution in [0.25, 0.3) is 0 Å². The first-order chi connectivity index (χ1) is 8.35. The van der Waals surface area contributed by atoms with Gasteiger partial charge in [0, 0.05) is 25.0 Å². The van der Waals surface area contributed by atoms with Crippen molar-refractivity contribution >= 4 is 0 Å².